The predicted molar refractivity (Wildman–Crippen MR) is 97.1 cm³/mol. The standard InChI is InChI=1S/C19H18FN3O4/c20-16-8-3-12(10-15(16)19(21)26)22-17(24)11-27-14-6-4-13(5-7-14)23-9-1-2-18(23)25/h3-8,10H,1-2,9,11H2,(H2,21,26)(H,22,24). The van der Waals surface area contributed by atoms with E-state index in [-0.39, 0.29) is 23.8 Å². The molecule has 0 saturated carbocycles. The highest BCUT2D eigenvalue weighted by Gasteiger charge is 2.21. The number of hydrogen-bond donors (Lipinski definition) is 2. The largest absolute Gasteiger partial charge is 0.484 e. The summed E-state index contributed by atoms with van der Waals surface area (Å²) in [5.41, 5.74) is 5.80. The SMILES string of the molecule is NC(=O)c1cc(NC(=O)COc2ccc(N3CCCC3=O)cc2)ccc1F. The number of nitrogens with zero attached hydrogens (tertiary/aromatic N) is 1. The van der Waals surface area contributed by atoms with Crippen LogP contribution in [-0.4, -0.2) is 30.9 Å². The number of anilines is 2. The summed E-state index contributed by atoms with van der Waals surface area (Å²) in [6, 6.07) is 10.4. The molecule has 3 N–H and O–H groups in total. The summed E-state index contributed by atoms with van der Waals surface area (Å²) in [5.74, 6) is -1.59. The molecule has 3 rings (SSSR count). The van der Waals surface area contributed by atoms with Gasteiger partial charge in [-0.1, -0.05) is 0 Å². The number of rotatable bonds is 6. The number of amides is 3. The summed E-state index contributed by atoms with van der Waals surface area (Å²) < 4.78 is 18.8. The first-order chi connectivity index (χ1) is 12.9. The maximum atomic E-state index is 13.4. The van der Waals surface area contributed by atoms with Crippen LogP contribution >= 0.6 is 0 Å². The van der Waals surface area contributed by atoms with E-state index in [1.165, 1.54) is 6.07 Å². The summed E-state index contributed by atoms with van der Waals surface area (Å²) in [5, 5.41) is 2.51. The fraction of sp³-hybridized carbons (Fsp3) is 0.211. The molecule has 2 aromatic carbocycles. The van der Waals surface area contributed by atoms with Crippen LogP contribution in [0.2, 0.25) is 0 Å². The molecule has 0 aliphatic carbocycles. The van der Waals surface area contributed by atoms with E-state index in [4.69, 9.17) is 10.5 Å². The van der Waals surface area contributed by atoms with Gasteiger partial charge in [0, 0.05) is 24.3 Å². The lowest BCUT2D eigenvalue weighted by molar-refractivity contribution is -0.118. The topological polar surface area (TPSA) is 102 Å². The highest BCUT2D eigenvalue weighted by atomic mass is 19.1. The molecule has 140 valence electrons. The molecule has 27 heavy (non-hydrogen) atoms. The number of carbonyl (C=O) groups excluding carboxylic acids is 3. The smallest absolute Gasteiger partial charge is 0.262 e. The minimum Gasteiger partial charge on any atom is -0.484 e. The van der Waals surface area contributed by atoms with Crippen molar-refractivity contribution in [2.75, 3.05) is 23.4 Å². The highest BCUT2D eigenvalue weighted by Crippen LogP contribution is 2.24. The van der Waals surface area contributed by atoms with Gasteiger partial charge in [-0.05, 0) is 48.9 Å². The van der Waals surface area contributed by atoms with E-state index in [1.807, 2.05) is 0 Å². The van der Waals surface area contributed by atoms with E-state index < -0.39 is 17.6 Å². The molecule has 7 nitrogen and oxygen atoms in total. The molecule has 1 aliphatic rings. The van der Waals surface area contributed by atoms with Crippen molar-refractivity contribution in [3.8, 4) is 5.75 Å². The Balaban J connectivity index is 1.55. The average molecular weight is 371 g/mol. The number of halogens is 1. The quantitative estimate of drug-likeness (QED) is 0.811. The van der Waals surface area contributed by atoms with E-state index in [2.05, 4.69) is 5.32 Å². The molecule has 1 fully saturated rings. The molecule has 0 atom stereocenters. The second kappa shape index (κ2) is 7.86. The maximum absolute atomic E-state index is 13.4. The van der Waals surface area contributed by atoms with Gasteiger partial charge >= 0.3 is 0 Å². The minimum atomic E-state index is -0.920. The van der Waals surface area contributed by atoms with Crippen LogP contribution in [0.5, 0.6) is 5.75 Å². The first-order valence-corrected chi connectivity index (χ1v) is 8.36. The zero-order valence-electron chi connectivity index (χ0n) is 14.4. The van der Waals surface area contributed by atoms with Gasteiger partial charge in [0.25, 0.3) is 11.8 Å². The fourth-order valence-electron chi connectivity index (χ4n) is 2.78. The van der Waals surface area contributed by atoms with Gasteiger partial charge in [0.1, 0.15) is 11.6 Å². The summed E-state index contributed by atoms with van der Waals surface area (Å²) >= 11 is 0. The van der Waals surface area contributed by atoms with Gasteiger partial charge in [-0.25, -0.2) is 4.39 Å². The van der Waals surface area contributed by atoms with Crippen LogP contribution in [0.1, 0.15) is 23.2 Å². The molecule has 0 aromatic heterocycles. The molecule has 0 radical (unpaired) electrons. The number of ether oxygens (including phenoxy) is 1. The minimum absolute atomic E-state index is 0.0951. The lowest BCUT2D eigenvalue weighted by atomic mass is 10.2. The number of benzene rings is 2. The Bertz CT molecular complexity index is 883. The number of primary amides is 1. The lowest BCUT2D eigenvalue weighted by Gasteiger charge is -2.16. The second-order valence-corrected chi connectivity index (χ2v) is 6.04. The van der Waals surface area contributed by atoms with Crippen molar-refractivity contribution in [1.29, 1.82) is 0 Å². The van der Waals surface area contributed by atoms with E-state index in [0.29, 0.717) is 18.7 Å². The average Bonchev–Trinajstić information content (AvgIpc) is 3.08. The van der Waals surface area contributed by atoms with Crippen molar-refractivity contribution in [3.05, 3.63) is 53.8 Å². The van der Waals surface area contributed by atoms with Crippen LogP contribution in [0, 0.1) is 5.82 Å². The summed E-state index contributed by atoms with van der Waals surface area (Å²) in [6.07, 6.45) is 1.40. The number of nitrogens with two attached hydrogens (primary N) is 1. The van der Waals surface area contributed by atoms with Crippen molar-refractivity contribution in [2.45, 2.75) is 12.8 Å². The van der Waals surface area contributed by atoms with Crippen molar-refractivity contribution < 1.29 is 23.5 Å². The molecule has 0 bridgehead atoms. The monoisotopic (exact) mass is 371 g/mol. The van der Waals surface area contributed by atoms with Crippen molar-refractivity contribution in [1.82, 2.24) is 0 Å². The molecule has 2 aromatic rings. The van der Waals surface area contributed by atoms with Crippen molar-refractivity contribution >= 4 is 29.1 Å². The molecule has 8 heteroatoms. The molecule has 3 amide bonds. The highest BCUT2D eigenvalue weighted by molar-refractivity contribution is 5.97. The van der Waals surface area contributed by atoms with Crippen molar-refractivity contribution in [2.24, 2.45) is 5.73 Å². The zero-order valence-corrected chi connectivity index (χ0v) is 14.4. The van der Waals surface area contributed by atoms with Gasteiger partial charge in [0.15, 0.2) is 6.61 Å². The summed E-state index contributed by atoms with van der Waals surface area (Å²) in [4.78, 5) is 36.5. The van der Waals surface area contributed by atoms with Crippen LogP contribution < -0.4 is 20.7 Å². The third-order valence-corrected chi connectivity index (χ3v) is 4.11. The Morgan fingerprint density at radius 2 is 1.93 bits per heavy atom. The summed E-state index contributed by atoms with van der Waals surface area (Å²) in [7, 11) is 0. The first kappa shape index (κ1) is 18.4. The normalized spacial score (nSPS) is 13.5. The van der Waals surface area contributed by atoms with Gasteiger partial charge in [0.2, 0.25) is 5.91 Å². The molecule has 0 unspecified atom stereocenters. The Kier molecular flexibility index (Phi) is 5.35. The molecular weight excluding hydrogens is 353 g/mol. The van der Waals surface area contributed by atoms with Crippen LogP contribution in [-0.2, 0) is 9.59 Å². The van der Waals surface area contributed by atoms with E-state index in [9.17, 15) is 18.8 Å². The Hall–Kier alpha value is -3.42. The molecule has 1 saturated heterocycles. The van der Waals surface area contributed by atoms with Gasteiger partial charge in [0.05, 0.1) is 5.56 Å². The van der Waals surface area contributed by atoms with Gasteiger partial charge in [-0.2, -0.15) is 0 Å². The van der Waals surface area contributed by atoms with E-state index in [1.54, 1.807) is 29.2 Å². The number of nitrogens with one attached hydrogen (secondary N) is 1. The number of carbonyl (C=O) groups is 3. The fourth-order valence-corrected chi connectivity index (χ4v) is 2.78. The number of hydrogen-bond acceptors (Lipinski definition) is 4. The Labute approximate surface area is 154 Å². The third kappa shape index (κ3) is 4.41. The van der Waals surface area contributed by atoms with Crippen LogP contribution in [0.15, 0.2) is 42.5 Å². The Morgan fingerprint density at radius 3 is 2.56 bits per heavy atom. The molecular formula is C19H18FN3O4. The molecule has 1 aliphatic heterocycles. The van der Waals surface area contributed by atoms with E-state index >= 15 is 0 Å². The predicted octanol–water partition coefficient (Wildman–Crippen LogP) is 2.07. The first-order valence-electron chi connectivity index (χ1n) is 8.36. The van der Waals surface area contributed by atoms with Crippen molar-refractivity contribution in [3.63, 3.8) is 0 Å². The van der Waals surface area contributed by atoms with Gasteiger partial charge < -0.3 is 20.7 Å². The lowest BCUT2D eigenvalue weighted by Crippen LogP contribution is -2.23. The maximum Gasteiger partial charge on any atom is 0.262 e. The van der Waals surface area contributed by atoms with Crippen LogP contribution in [0.4, 0.5) is 15.8 Å². The third-order valence-electron chi connectivity index (χ3n) is 4.11. The van der Waals surface area contributed by atoms with Crippen LogP contribution in [0.25, 0.3) is 0 Å². The second-order valence-electron chi connectivity index (χ2n) is 6.04. The van der Waals surface area contributed by atoms with E-state index in [0.717, 1.165) is 24.2 Å². The van der Waals surface area contributed by atoms with Crippen LogP contribution in [0.3, 0.4) is 0 Å². The van der Waals surface area contributed by atoms with Gasteiger partial charge in [-0.3, -0.25) is 14.4 Å². The molecule has 1 heterocycles. The molecule has 0 spiro atoms. The Morgan fingerprint density at radius 1 is 1.19 bits per heavy atom. The van der Waals surface area contributed by atoms with Gasteiger partial charge in [-0.15, -0.1) is 0 Å². The summed E-state index contributed by atoms with van der Waals surface area (Å²) in [6.45, 7) is 0.428. The zero-order chi connectivity index (χ0) is 19.4.